The summed E-state index contributed by atoms with van der Waals surface area (Å²) in [5.74, 6) is 1.13. The van der Waals surface area contributed by atoms with Gasteiger partial charge in [-0.15, -0.1) is 0 Å². The fraction of sp³-hybridized carbons (Fsp3) is 0.238. The van der Waals surface area contributed by atoms with Gasteiger partial charge in [0.1, 0.15) is 0 Å². The van der Waals surface area contributed by atoms with Crippen LogP contribution in [-0.4, -0.2) is 19.9 Å². The van der Waals surface area contributed by atoms with E-state index in [0.717, 1.165) is 30.4 Å². The average Bonchev–Trinajstić information content (AvgIpc) is 3.48. The Morgan fingerprint density at radius 1 is 0.857 bits per heavy atom. The molecule has 7 nitrogen and oxygen atoms in total. The third-order valence-corrected chi connectivity index (χ3v) is 5.27. The molecular weight excluding hydrogens is 356 g/mol. The van der Waals surface area contributed by atoms with E-state index in [1.807, 2.05) is 60.7 Å². The molecule has 0 spiro atoms. The molecule has 0 radical (unpaired) electrons. The second-order valence-corrected chi connectivity index (χ2v) is 6.94. The van der Waals surface area contributed by atoms with Crippen molar-refractivity contribution in [2.45, 2.75) is 31.2 Å². The zero-order valence-electron chi connectivity index (χ0n) is 15.1. The van der Waals surface area contributed by atoms with Gasteiger partial charge in [0.2, 0.25) is 11.7 Å². The van der Waals surface area contributed by atoms with Crippen LogP contribution < -0.4 is 5.76 Å². The molecule has 1 aliphatic rings. The Labute approximate surface area is 160 Å². The van der Waals surface area contributed by atoms with E-state index in [4.69, 9.17) is 9.05 Å². The Morgan fingerprint density at radius 3 is 2.32 bits per heavy atom. The monoisotopic (exact) mass is 374 g/mol. The largest absolute Gasteiger partial charge is 0.442 e. The van der Waals surface area contributed by atoms with Crippen LogP contribution in [0.1, 0.15) is 37.1 Å². The van der Waals surface area contributed by atoms with E-state index in [1.54, 1.807) is 4.57 Å². The van der Waals surface area contributed by atoms with Crippen LogP contribution in [-0.2, 0) is 0 Å². The van der Waals surface area contributed by atoms with Crippen LogP contribution in [0.2, 0.25) is 0 Å². The van der Waals surface area contributed by atoms with Gasteiger partial charge in [0.15, 0.2) is 5.82 Å². The van der Waals surface area contributed by atoms with Crippen molar-refractivity contribution in [3.63, 3.8) is 0 Å². The maximum Gasteiger partial charge on any atom is 0.442 e. The van der Waals surface area contributed by atoms with Crippen LogP contribution in [0.5, 0.6) is 0 Å². The van der Waals surface area contributed by atoms with E-state index < -0.39 is 5.76 Å². The van der Waals surface area contributed by atoms with Gasteiger partial charge in [-0.1, -0.05) is 77.4 Å². The van der Waals surface area contributed by atoms with Gasteiger partial charge in [0.05, 0.1) is 12.0 Å². The first-order chi connectivity index (χ1) is 13.8. The van der Waals surface area contributed by atoms with E-state index in [-0.39, 0.29) is 12.0 Å². The molecule has 2 unspecified atom stereocenters. The molecule has 2 aromatic carbocycles. The van der Waals surface area contributed by atoms with E-state index in [2.05, 4.69) is 15.3 Å². The third kappa shape index (κ3) is 2.85. The molecule has 7 heteroatoms. The lowest BCUT2D eigenvalue weighted by atomic mass is 10.0. The lowest BCUT2D eigenvalue weighted by Gasteiger charge is -2.17. The van der Waals surface area contributed by atoms with Gasteiger partial charge in [0, 0.05) is 11.1 Å². The van der Waals surface area contributed by atoms with Crippen molar-refractivity contribution in [2.24, 2.45) is 0 Å². The first kappa shape index (κ1) is 16.7. The highest BCUT2D eigenvalue weighted by Gasteiger charge is 2.37. The number of nitrogens with zero attached hydrogens (tertiary/aromatic N) is 4. The molecule has 1 saturated carbocycles. The molecule has 140 valence electrons. The summed E-state index contributed by atoms with van der Waals surface area (Å²) >= 11 is 0. The highest BCUT2D eigenvalue weighted by atomic mass is 16.5. The molecule has 2 heterocycles. The fourth-order valence-electron chi connectivity index (χ4n) is 3.96. The Hall–Kier alpha value is -3.48. The molecule has 1 aliphatic carbocycles. The molecule has 0 saturated heterocycles. The SMILES string of the molecule is O=c1onc(-c2ccccc2)n1C1CCCC1c1nc(-c2ccccc2)no1. The minimum absolute atomic E-state index is 0.0514. The average molecular weight is 374 g/mol. The number of hydrogen-bond donors (Lipinski definition) is 0. The highest BCUT2D eigenvalue weighted by molar-refractivity contribution is 5.55. The van der Waals surface area contributed by atoms with Gasteiger partial charge in [0.25, 0.3) is 0 Å². The second kappa shape index (κ2) is 6.92. The molecule has 0 N–H and O–H groups in total. The van der Waals surface area contributed by atoms with Gasteiger partial charge in [-0.05, 0) is 12.8 Å². The smallest absolute Gasteiger partial charge is 0.339 e. The summed E-state index contributed by atoms with van der Waals surface area (Å²) in [6, 6.07) is 19.2. The van der Waals surface area contributed by atoms with Crippen molar-refractivity contribution in [1.82, 2.24) is 19.9 Å². The molecule has 2 aromatic heterocycles. The molecule has 2 atom stereocenters. The van der Waals surface area contributed by atoms with Crippen molar-refractivity contribution < 1.29 is 9.05 Å². The molecule has 28 heavy (non-hydrogen) atoms. The summed E-state index contributed by atoms with van der Waals surface area (Å²) in [4.78, 5) is 17.1. The summed E-state index contributed by atoms with van der Waals surface area (Å²) in [6.07, 6.45) is 2.66. The van der Waals surface area contributed by atoms with Gasteiger partial charge in [-0.2, -0.15) is 4.98 Å². The normalized spacial score (nSPS) is 19.1. The van der Waals surface area contributed by atoms with Crippen molar-refractivity contribution in [2.75, 3.05) is 0 Å². The number of benzene rings is 2. The minimum atomic E-state index is -0.460. The predicted octanol–water partition coefficient (Wildman–Crippen LogP) is 4.06. The van der Waals surface area contributed by atoms with Crippen molar-refractivity contribution in [1.29, 1.82) is 0 Å². The van der Waals surface area contributed by atoms with Gasteiger partial charge in [-0.3, -0.25) is 9.09 Å². The van der Waals surface area contributed by atoms with Crippen molar-refractivity contribution in [3.8, 4) is 22.8 Å². The topological polar surface area (TPSA) is 87.0 Å². The minimum Gasteiger partial charge on any atom is -0.339 e. The lowest BCUT2D eigenvalue weighted by Crippen LogP contribution is -2.23. The van der Waals surface area contributed by atoms with E-state index in [1.165, 1.54) is 0 Å². The van der Waals surface area contributed by atoms with Crippen LogP contribution in [0.4, 0.5) is 0 Å². The van der Waals surface area contributed by atoms with Crippen molar-refractivity contribution in [3.05, 3.63) is 77.1 Å². The molecule has 5 rings (SSSR count). The second-order valence-electron chi connectivity index (χ2n) is 6.94. The fourth-order valence-corrected chi connectivity index (χ4v) is 3.96. The van der Waals surface area contributed by atoms with Crippen LogP contribution in [0.15, 0.2) is 74.5 Å². The number of rotatable bonds is 4. The quantitative estimate of drug-likeness (QED) is 0.535. The highest BCUT2D eigenvalue weighted by Crippen LogP contribution is 2.43. The molecule has 0 bridgehead atoms. The summed E-state index contributed by atoms with van der Waals surface area (Å²) < 4.78 is 12.2. The summed E-state index contributed by atoms with van der Waals surface area (Å²) in [5, 5.41) is 8.16. The lowest BCUT2D eigenvalue weighted by molar-refractivity contribution is 0.309. The predicted molar refractivity (Wildman–Crippen MR) is 102 cm³/mol. The maximum absolute atomic E-state index is 12.5. The summed E-state index contributed by atoms with van der Waals surface area (Å²) in [7, 11) is 0. The Balaban J connectivity index is 1.52. The standard InChI is InChI=1S/C21H18N4O3/c26-21-25(19(24-28-21)15-10-5-2-6-11-15)17-13-7-12-16(17)20-22-18(23-27-20)14-8-3-1-4-9-14/h1-6,8-11,16-17H,7,12-13H2. The molecular formula is C21H18N4O3. The number of hydrogen-bond acceptors (Lipinski definition) is 6. The Morgan fingerprint density at radius 2 is 1.57 bits per heavy atom. The van der Waals surface area contributed by atoms with E-state index >= 15 is 0 Å². The maximum atomic E-state index is 12.5. The van der Waals surface area contributed by atoms with E-state index in [0.29, 0.717) is 17.5 Å². The van der Waals surface area contributed by atoms with Crippen LogP contribution >= 0.6 is 0 Å². The van der Waals surface area contributed by atoms with Gasteiger partial charge in [-0.25, -0.2) is 4.79 Å². The summed E-state index contributed by atoms with van der Waals surface area (Å²) in [5.41, 5.74) is 1.74. The molecule has 0 amide bonds. The third-order valence-electron chi connectivity index (χ3n) is 5.27. The zero-order valence-corrected chi connectivity index (χ0v) is 15.1. The van der Waals surface area contributed by atoms with Crippen molar-refractivity contribution >= 4 is 0 Å². The summed E-state index contributed by atoms with van der Waals surface area (Å²) in [6.45, 7) is 0. The number of aromatic nitrogens is 4. The molecule has 0 aliphatic heterocycles. The Bertz CT molecular complexity index is 1130. The first-order valence-electron chi connectivity index (χ1n) is 9.34. The van der Waals surface area contributed by atoms with Gasteiger partial charge >= 0.3 is 5.76 Å². The van der Waals surface area contributed by atoms with Crippen LogP contribution in [0.3, 0.4) is 0 Å². The first-order valence-corrected chi connectivity index (χ1v) is 9.34. The molecule has 4 aromatic rings. The van der Waals surface area contributed by atoms with Gasteiger partial charge < -0.3 is 4.52 Å². The zero-order chi connectivity index (χ0) is 18.9. The van der Waals surface area contributed by atoms with Crippen LogP contribution in [0, 0.1) is 0 Å². The Kier molecular flexibility index (Phi) is 4.12. The van der Waals surface area contributed by atoms with E-state index in [9.17, 15) is 4.79 Å². The molecule has 1 fully saturated rings. The van der Waals surface area contributed by atoms with Crippen LogP contribution in [0.25, 0.3) is 22.8 Å².